The molecule has 0 spiro atoms. The predicted octanol–water partition coefficient (Wildman–Crippen LogP) is 5.96. The molecule has 2 aromatic carbocycles. The van der Waals surface area contributed by atoms with Crippen LogP contribution in [0.4, 0.5) is 0 Å². The molecule has 2 nitrogen and oxygen atoms in total. The van der Waals surface area contributed by atoms with Crippen molar-refractivity contribution in [1.82, 2.24) is 0 Å². The smallest absolute Gasteiger partial charge is 0.0850 e. The molecule has 4 rings (SSSR count). The second-order valence-electron chi connectivity index (χ2n) is 8.77. The lowest BCUT2D eigenvalue weighted by Gasteiger charge is -2.28. The minimum absolute atomic E-state index is 0.0735. The maximum Gasteiger partial charge on any atom is 0.0850 e. The number of benzene rings is 2. The molecule has 0 N–H and O–H groups in total. The molecule has 2 aliphatic heterocycles. The third kappa shape index (κ3) is 4.71. The third-order valence-corrected chi connectivity index (χ3v) is 6.13. The summed E-state index contributed by atoms with van der Waals surface area (Å²) < 4.78 is 10.9. The molecule has 2 heteroatoms. The van der Waals surface area contributed by atoms with Crippen LogP contribution >= 0.6 is 0 Å². The molecule has 2 saturated heterocycles. The van der Waals surface area contributed by atoms with Crippen molar-refractivity contribution < 1.29 is 9.47 Å². The van der Waals surface area contributed by atoms with E-state index in [0.717, 1.165) is 26.1 Å². The summed E-state index contributed by atoms with van der Waals surface area (Å²) in [5.41, 5.74) is 7.98. The Balaban J connectivity index is 1.67. The predicted molar refractivity (Wildman–Crippen MR) is 121 cm³/mol. The van der Waals surface area contributed by atoms with Crippen LogP contribution in [0.2, 0.25) is 0 Å². The molecule has 0 aliphatic carbocycles. The van der Waals surface area contributed by atoms with E-state index in [1.807, 2.05) is 0 Å². The van der Waals surface area contributed by atoms with Gasteiger partial charge in [0.1, 0.15) is 0 Å². The van der Waals surface area contributed by atoms with Crippen LogP contribution in [0.1, 0.15) is 61.1 Å². The molecule has 2 heterocycles. The van der Waals surface area contributed by atoms with Gasteiger partial charge in [0.05, 0.1) is 25.4 Å². The first-order valence-electron chi connectivity index (χ1n) is 10.8. The number of ether oxygens (including phenoxy) is 2. The topological polar surface area (TPSA) is 25.1 Å². The monoisotopic (exact) mass is 388 g/mol. The van der Waals surface area contributed by atoms with Gasteiger partial charge in [0.15, 0.2) is 0 Å². The SMILES string of the molecule is CC=Cc1cc(C(C)(C)c2ccc(CC3CO3)c(C=CC)c2)ccc1CC1CO1. The van der Waals surface area contributed by atoms with Gasteiger partial charge in [-0.15, -0.1) is 0 Å². The Hall–Kier alpha value is -2.16. The summed E-state index contributed by atoms with van der Waals surface area (Å²) in [7, 11) is 0. The fourth-order valence-corrected chi connectivity index (χ4v) is 4.04. The van der Waals surface area contributed by atoms with Crippen LogP contribution < -0.4 is 0 Å². The van der Waals surface area contributed by atoms with Gasteiger partial charge in [-0.1, -0.05) is 74.5 Å². The van der Waals surface area contributed by atoms with E-state index in [4.69, 9.17) is 9.47 Å². The lowest BCUT2D eigenvalue weighted by atomic mass is 9.76. The molecule has 2 atom stereocenters. The molecule has 0 radical (unpaired) electrons. The summed E-state index contributed by atoms with van der Waals surface area (Å²) >= 11 is 0. The number of epoxide rings is 2. The molecule has 0 amide bonds. The zero-order valence-electron chi connectivity index (χ0n) is 18.1. The summed E-state index contributed by atoms with van der Waals surface area (Å²) in [6, 6.07) is 13.9. The second kappa shape index (κ2) is 8.30. The van der Waals surface area contributed by atoms with E-state index in [1.165, 1.54) is 33.4 Å². The molecule has 29 heavy (non-hydrogen) atoms. The van der Waals surface area contributed by atoms with Crippen LogP contribution in [0.25, 0.3) is 12.2 Å². The highest BCUT2D eigenvalue weighted by molar-refractivity contribution is 5.59. The standard InChI is InChI=1S/C27H32O2/c1-5-7-19-13-23(11-9-21(19)15-25-17-28-25)27(3,4)24-12-10-22(16-26-18-29-26)20(14-24)8-6-2/h5-14,25-26H,15-18H2,1-4H3. The molecule has 2 unspecified atom stereocenters. The van der Waals surface area contributed by atoms with Crippen molar-refractivity contribution >= 4 is 12.2 Å². The van der Waals surface area contributed by atoms with E-state index in [-0.39, 0.29) is 5.41 Å². The fourth-order valence-electron chi connectivity index (χ4n) is 4.04. The fraction of sp³-hybridized carbons (Fsp3) is 0.407. The molecule has 0 bridgehead atoms. The highest BCUT2D eigenvalue weighted by atomic mass is 16.6. The molecular formula is C27H32O2. The van der Waals surface area contributed by atoms with Gasteiger partial charge in [0.25, 0.3) is 0 Å². The van der Waals surface area contributed by atoms with E-state index >= 15 is 0 Å². The first-order chi connectivity index (χ1) is 14.0. The first kappa shape index (κ1) is 20.1. The Morgan fingerprint density at radius 3 is 1.55 bits per heavy atom. The quantitative estimate of drug-likeness (QED) is 0.521. The summed E-state index contributed by atoms with van der Waals surface area (Å²) in [4.78, 5) is 0. The van der Waals surface area contributed by atoms with Crippen molar-refractivity contribution in [2.45, 2.75) is 58.2 Å². The Morgan fingerprint density at radius 1 is 0.793 bits per heavy atom. The zero-order chi connectivity index (χ0) is 20.4. The summed E-state index contributed by atoms with van der Waals surface area (Å²) in [5, 5.41) is 0. The van der Waals surface area contributed by atoms with Gasteiger partial charge in [-0.25, -0.2) is 0 Å². The van der Waals surface area contributed by atoms with Crippen molar-refractivity contribution in [3.8, 4) is 0 Å². The molecule has 2 aliphatic rings. The van der Waals surface area contributed by atoms with Gasteiger partial charge >= 0.3 is 0 Å². The van der Waals surface area contributed by atoms with Crippen molar-refractivity contribution in [3.05, 3.63) is 81.9 Å². The minimum Gasteiger partial charge on any atom is -0.373 e. The van der Waals surface area contributed by atoms with Gasteiger partial charge in [-0.2, -0.15) is 0 Å². The number of rotatable bonds is 8. The number of hydrogen-bond acceptors (Lipinski definition) is 2. The van der Waals surface area contributed by atoms with Crippen LogP contribution in [0, 0.1) is 0 Å². The van der Waals surface area contributed by atoms with E-state index in [1.54, 1.807) is 0 Å². The molecule has 0 saturated carbocycles. The van der Waals surface area contributed by atoms with Crippen molar-refractivity contribution in [2.75, 3.05) is 13.2 Å². The lowest BCUT2D eigenvalue weighted by molar-refractivity contribution is 0.407. The van der Waals surface area contributed by atoms with Crippen LogP contribution in [-0.2, 0) is 27.7 Å². The van der Waals surface area contributed by atoms with E-state index in [0.29, 0.717) is 12.2 Å². The second-order valence-corrected chi connectivity index (χ2v) is 8.77. The lowest BCUT2D eigenvalue weighted by Crippen LogP contribution is -2.20. The average molecular weight is 389 g/mol. The maximum atomic E-state index is 5.45. The van der Waals surface area contributed by atoms with Gasteiger partial charge in [-0.05, 0) is 47.2 Å². The Labute approximate surface area is 175 Å². The van der Waals surface area contributed by atoms with Gasteiger partial charge < -0.3 is 9.47 Å². The van der Waals surface area contributed by atoms with Crippen LogP contribution in [0.5, 0.6) is 0 Å². The summed E-state index contributed by atoms with van der Waals surface area (Å²) in [6.07, 6.45) is 11.5. The molecule has 2 aromatic rings. The minimum atomic E-state index is -0.0735. The van der Waals surface area contributed by atoms with Crippen LogP contribution in [-0.4, -0.2) is 25.4 Å². The summed E-state index contributed by atoms with van der Waals surface area (Å²) in [6.45, 7) is 10.6. The van der Waals surface area contributed by atoms with E-state index in [2.05, 4.69) is 88.4 Å². The Bertz CT molecular complexity index is 852. The number of allylic oxidation sites excluding steroid dienone is 2. The van der Waals surface area contributed by atoms with Crippen molar-refractivity contribution in [2.24, 2.45) is 0 Å². The highest BCUT2D eigenvalue weighted by Crippen LogP contribution is 2.35. The molecular weight excluding hydrogens is 356 g/mol. The first-order valence-corrected chi connectivity index (χ1v) is 10.8. The van der Waals surface area contributed by atoms with Gasteiger partial charge in [0.2, 0.25) is 0 Å². The van der Waals surface area contributed by atoms with Crippen LogP contribution in [0.3, 0.4) is 0 Å². The van der Waals surface area contributed by atoms with E-state index < -0.39 is 0 Å². The molecule has 152 valence electrons. The average Bonchev–Trinajstić information content (AvgIpc) is 3.61. The molecule has 0 aromatic heterocycles. The third-order valence-electron chi connectivity index (χ3n) is 6.13. The van der Waals surface area contributed by atoms with Crippen molar-refractivity contribution in [1.29, 1.82) is 0 Å². The van der Waals surface area contributed by atoms with Gasteiger partial charge in [0, 0.05) is 18.3 Å². The van der Waals surface area contributed by atoms with Crippen LogP contribution in [0.15, 0.2) is 48.6 Å². The number of hydrogen-bond donors (Lipinski definition) is 0. The Morgan fingerprint density at radius 2 is 1.21 bits per heavy atom. The normalized spacial score (nSPS) is 21.2. The molecule has 2 fully saturated rings. The maximum absolute atomic E-state index is 5.45. The zero-order valence-corrected chi connectivity index (χ0v) is 18.1. The van der Waals surface area contributed by atoms with E-state index in [9.17, 15) is 0 Å². The van der Waals surface area contributed by atoms with Crippen molar-refractivity contribution in [3.63, 3.8) is 0 Å². The largest absolute Gasteiger partial charge is 0.373 e. The summed E-state index contributed by atoms with van der Waals surface area (Å²) in [5.74, 6) is 0. The van der Waals surface area contributed by atoms with Gasteiger partial charge in [-0.3, -0.25) is 0 Å². The highest BCUT2D eigenvalue weighted by Gasteiger charge is 2.28. The Kier molecular flexibility index (Phi) is 5.76.